The first-order chi connectivity index (χ1) is 15.6. The Balaban J connectivity index is 1.34. The van der Waals surface area contributed by atoms with Crippen LogP contribution in [0.3, 0.4) is 0 Å². The van der Waals surface area contributed by atoms with Crippen molar-refractivity contribution in [2.45, 2.75) is 18.9 Å². The minimum atomic E-state index is 0.361. The van der Waals surface area contributed by atoms with Gasteiger partial charge in [0.1, 0.15) is 29.3 Å². The molecule has 8 heteroatoms. The summed E-state index contributed by atoms with van der Waals surface area (Å²) in [7, 11) is 4.05. The number of rotatable bonds is 5. The molecular formula is C24H25N7O. The predicted molar refractivity (Wildman–Crippen MR) is 123 cm³/mol. The van der Waals surface area contributed by atoms with Crippen molar-refractivity contribution in [3.8, 4) is 22.9 Å². The highest BCUT2D eigenvalue weighted by molar-refractivity contribution is 5.98. The molecular weight excluding hydrogens is 402 g/mol. The van der Waals surface area contributed by atoms with E-state index in [2.05, 4.69) is 36.9 Å². The Bertz CT molecular complexity index is 1260. The van der Waals surface area contributed by atoms with Crippen molar-refractivity contribution in [2.24, 2.45) is 5.41 Å². The van der Waals surface area contributed by atoms with Gasteiger partial charge in [-0.2, -0.15) is 5.10 Å². The summed E-state index contributed by atoms with van der Waals surface area (Å²) < 4.78 is 7.98. The standard InChI is InChI=1S/C24H25N7O/c1-25-22-20-21(19-9-8-18(12-26-19)32-17-6-4-3-5-7-17)29-31(23(20)28-15-27-22)16-10-24(11-16)13-30(2)14-24/h3-9,12,15-16H,10-11,13-14H2,1-2H3,(H,25,27,28). The number of fused-ring (bicyclic) bond motifs is 1. The maximum atomic E-state index is 5.89. The Kier molecular flexibility index (Phi) is 4.36. The molecule has 0 bridgehead atoms. The van der Waals surface area contributed by atoms with Gasteiger partial charge >= 0.3 is 0 Å². The van der Waals surface area contributed by atoms with Crippen LogP contribution < -0.4 is 10.1 Å². The van der Waals surface area contributed by atoms with E-state index in [1.165, 1.54) is 13.1 Å². The molecule has 1 aliphatic carbocycles. The van der Waals surface area contributed by atoms with Crippen molar-refractivity contribution < 1.29 is 4.74 Å². The fourth-order valence-corrected chi connectivity index (χ4v) is 5.27. The first kappa shape index (κ1) is 19.2. The summed E-state index contributed by atoms with van der Waals surface area (Å²) in [4.78, 5) is 16.1. The van der Waals surface area contributed by atoms with Crippen LogP contribution in [0.25, 0.3) is 22.4 Å². The molecule has 8 nitrogen and oxygen atoms in total. The minimum Gasteiger partial charge on any atom is -0.456 e. The number of likely N-dealkylation sites (tertiary alicyclic amines) is 1. The molecule has 6 rings (SSSR count). The van der Waals surface area contributed by atoms with Crippen molar-refractivity contribution in [1.29, 1.82) is 0 Å². The molecule has 1 aliphatic heterocycles. The third-order valence-corrected chi connectivity index (χ3v) is 6.58. The molecule has 3 aromatic heterocycles. The molecule has 4 aromatic rings. The first-order valence-corrected chi connectivity index (χ1v) is 10.9. The fraction of sp³-hybridized carbons (Fsp3) is 0.333. The van der Waals surface area contributed by atoms with Crippen LogP contribution >= 0.6 is 0 Å². The number of hydrogen-bond acceptors (Lipinski definition) is 7. The van der Waals surface area contributed by atoms with Crippen LogP contribution in [-0.2, 0) is 0 Å². The molecule has 2 aliphatic rings. The summed E-state index contributed by atoms with van der Waals surface area (Å²) in [5.74, 6) is 2.23. The number of hydrogen-bond donors (Lipinski definition) is 1. The average molecular weight is 428 g/mol. The molecule has 0 radical (unpaired) electrons. The topological polar surface area (TPSA) is 81.0 Å². The highest BCUT2D eigenvalue weighted by Gasteiger charge is 2.52. The average Bonchev–Trinajstić information content (AvgIpc) is 3.16. The molecule has 1 saturated heterocycles. The van der Waals surface area contributed by atoms with Crippen LogP contribution in [0.1, 0.15) is 18.9 Å². The number of nitrogens with zero attached hydrogens (tertiary/aromatic N) is 6. The van der Waals surface area contributed by atoms with E-state index in [4.69, 9.17) is 9.84 Å². The largest absolute Gasteiger partial charge is 0.456 e. The molecule has 1 aromatic carbocycles. The number of benzene rings is 1. The number of nitrogens with one attached hydrogen (secondary N) is 1. The third-order valence-electron chi connectivity index (χ3n) is 6.58. The summed E-state index contributed by atoms with van der Waals surface area (Å²) in [6.07, 6.45) is 5.62. The predicted octanol–water partition coefficient (Wildman–Crippen LogP) is 3.99. The molecule has 0 amide bonds. The number of aromatic nitrogens is 5. The van der Waals surface area contributed by atoms with Gasteiger partial charge in [0.05, 0.1) is 23.3 Å². The fourth-order valence-electron chi connectivity index (χ4n) is 5.27. The normalized spacial score (nSPS) is 17.8. The van der Waals surface area contributed by atoms with Gasteiger partial charge in [0.25, 0.3) is 0 Å². The molecule has 1 spiro atoms. The Hall–Kier alpha value is -3.52. The second-order valence-corrected chi connectivity index (χ2v) is 8.99. The molecule has 2 fully saturated rings. The lowest BCUT2D eigenvalue weighted by Crippen LogP contribution is -2.60. The van der Waals surface area contributed by atoms with Gasteiger partial charge < -0.3 is 15.0 Å². The lowest BCUT2D eigenvalue weighted by Gasteiger charge is -2.58. The van der Waals surface area contributed by atoms with Crippen LogP contribution in [0.4, 0.5) is 5.82 Å². The molecule has 0 unspecified atom stereocenters. The van der Waals surface area contributed by atoms with Gasteiger partial charge in [-0.15, -0.1) is 0 Å². The minimum absolute atomic E-state index is 0.361. The lowest BCUT2D eigenvalue weighted by atomic mass is 9.61. The van der Waals surface area contributed by atoms with Gasteiger partial charge in [-0.3, -0.25) is 4.98 Å². The monoisotopic (exact) mass is 427 g/mol. The van der Waals surface area contributed by atoms with Crippen LogP contribution in [0, 0.1) is 5.41 Å². The van der Waals surface area contributed by atoms with Gasteiger partial charge in [0.15, 0.2) is 5.65 Å². The van der Waals surface area contributed by atoms with Crippen molar-refractivity contribution in [2.75, 3.05) is 32.5 Å². The molecule has 0 atom stereocenters. The van der Waals surface area contributed by atoms with Gasteiger partial charge in [0, 0.05) is 20.1 Å². The Morgan fingerprint density at radius 2 is 1.81 bits per heavy atom. The quantitative estimate of drug-likeness (QED) is 0.516. The maximum absolute atomic E-state index is 5.89. The molecule has 1 saturated carbocycles. The summed E-state index contributed by atoms with van der Waals surface area (Å²) in [6, 6.07) is 13.9. The van der Waals surface area contributed by atoms with Crippen LogP contribution in [0.2, 0.25) is 0 Å². The Labute approximate surface area is 186 Å². The van der Waals surface area contributed by atoms with Crippen molar-refractivity contribution in [1.82, 2.24) is 29.6 Å². The SMILES string of the molecule is CNc1ncnc2c1c(-c1ccc(Oc3ccccc3)cn1)nn2C1CC2(C1)CN(C)C2. The van der Waals surface area contributed by atoms with Gasteiger partial charge in [-0.1, -0.05) is 18.2 Å². The van der Waals surface area contributed by atoms with E-state index in [1.54, 1.807) is 12.5 Å². The highest BCUT2D eigenvalue weighted by atomic mass is 16.5. The zero-order valence-electron chi connectivity index (χ0n) is 18.2. The van der Waals surface area contributed by atoms with Crippen LogP contribution in [0.5, 0.6) is 11.5 Å². The highest BCUT2D eigenvalue weighted by Crippen LogP contribution is 2.54. The van der Waals surface area contributed by atoms with Gasteiger partial charge in [-0.25, -0.2) is 14.6 Å². The molecule has 32 heavy (non-hydrogen) atoms. The zero-order chi connectivity index (χ0) is 21.7. The van der Waals surface area contributed by atoms with Crippen molar-refractivity contribution in [3.63, 3.8) is 0 Å². The van der Waals surface area contributed by atoms with Crippen LogP contribution in [-0.4, -0.2) is 56.8 Å². The summed E-state index contributed by atoms with van der Waals surface area (Å²) in [5.41, 5.74) is 2.89. The first-order valence-electron chi connectivity index (χ1n) is 10.9. The van der Waals surface area contributed by atoms with E-state index >= 15 is 0 Å². The summed E-state index contributed by atoms with van der Waals surface area (Å²) >= 11 is 0. The summed E-state index contributed by atoms with van der Waals surface area (Å²) in [5, 5.41) is 9.11. The van der Waals surface area contributed by atoms with E-state index in [9.17, 15) is 0 Å². The van der Waals surface area contributed by atoms with E-state index in [1.807, 2.05) is 49.5 Å². The second-order valence-electron chi connectivity index (χ2n) is 8.99. The Morgan fingerprint density at radius 1 is 1.00 bits per heavy atom. The lowest BCUT2D eigenvalue weighted by molar-refractivity contribution is -0.0776. The molecule has 4 heterocycles. The van der Waals surface area contributed by atoms with Crippen molar-refractivity contribution in [3.05, 3.63) is 55.0 Å². The summed E-state index contributed by atoms with van der Waals surface area (Å²) in [6.45, 7) is 2.35. The Morgan fingerprint density at radius 3 is 2.50 bits per heavy atom. The maximum Gasteiger partial charge on any atom is 0.164 e. The smallest absolute Gasteiger partial charge is 0.164 e. The zero-order valence-corrected chi connectivity index (χ0v) is 18.2. The molecule has 162 valence electrons. The van der Waals surface area contributed by atoms with Gasteiger partial charge in [-0.05, 0) is 49.6 Å². The second kappa shape index (κ2) is 7.27. The number of para-hydroxylation sites is 1. The van der Waals surface area contributed by atoms with E-state index in [0.29, 0.717) is 17.2 Å². The van der Waals surface area contributed by atoms with Crippen LogP contribution in [0.15, 0.2) is 55.0 Å². The third kappa shape index (κ3) is 3.10. The van der Waals surface area contributed by atoms with Crippen molar-refractivity contribution >= 4 is 16.9 Å². The van der Waals surface area contributed by atoms with Gasteiger partial charge in [0.2, 0.25) is 0 Å². The number of ether oxygens (including phenoxy) is 1. The molecule has 1 N–H and O–H groups in total. The van der Waals surface area contributed by atoms with E-state index in [-0.39, 0.29) is 0 Å². The number of pyridine rings is 1. The van der Waals surface area contributed by atoms with E-state index in [0.717, 1.165) is 46.8 Å². The van der Waals surface area contributed by atoms with E-state index < -0.39 is 0 Å². The number of anilines is 1.